The molecule has 0 saturated heterocycles. The van der Waals surface area contributed by atoms with Gasteiger partial charge in [-0.05, 0) is 55.0 Å². The number of carbonyl (C=O) groups excluding carboxylic acids is 2. The number of benzene rings is 2. The van der Waals surface area contributed by atoms with E-state index in [1.54, 1.807) is 49.4 Å². The zero-order chi connectivity index (χ0) is 24.7. The molecule has 3 rings (SSSR count). The number of pyridine rings is 1. The van der Waals surface area contributed by atoms with Crippen LogP contribution in [0.2, 0.25) is 0 Å². The standard InChI is InChI=1S/C24H24N4O5S/c1-4-13-25-24(30)18-6-12-23(26-15-18)33-20-9-7-19(8-10-20)28-34(31,32)22-14-16(2)5-11-21(22)27-17(3)29/h4-12,14-15,28H,1,13H2,2-3H3,(H,25,30)(H,27,29). The monoisotopic (exact) mass is 480 g/mol. The maximum absolute atomic E-state index is 12.9. The molecule has 176 valence electrons. The van der Waals surface area contributed by atoms with Crippen LogP contribution in [-0.2, 0) is 14.8 Å². The summed E-state index contributed by atoms with van der Waals surface area (Å²) in [6, 6.07) is 14.1. The van der Waals surface area contributed by atoms with E-state index in [1.807, 2.05) is 0 Å². The zero-order valence-electron chi connectivity index (χ0n) is 18.7. The van der Waals surface area contributed by atoms with Crippen LogP contribution in [0.4, 0.5) is 11.4 Å². The summed E-state index contributed by atoms with van der Waals surface area (Å²) in [6.45, 7) is 6.96. The fourth-order valence-electron chi connectivity index (χ4n) is 2.91. The van der Waals surface area contributed by atoms with Crippen LogP contribution in [-0.4, -0.2) is 31.8 Å². The fourth-order valence-corrected chi connectivity index (χ4v) is 4.21. The van der Waals surface area contributed by atoms with Gasteiger partial charge in [-0.1, -0.05) is 12.1 Å². The van der Waals surface area contributed by atoms with Crippen molar-refractivity contribution in [3.63, 3.8) is 0 Å². The summed E-state index contributed by atoms with van der Waals surface area (Å²) in [5.74, 6) is 0.0498. The first-order valence-corrected chi connectivity index (χ1v) is 11.7. The number of aromatic nitrogens is 1. The summed E-state index contributed by atoms with van der Waals surface area (Å²) in [5.41, 5.74) is 1.62. The number of aryl methyl sites for hydroxylation is 1. The van der Waals surface area contributed by atoms with Crippen molar-refractivity contribution in [1.29, 1.82) is 0 Å². The van der Waals surface area contributed by atoms with E-state index in [0.717, 1.165) is 5.56 Å². The van der Waals surface area contributed by atoms with E-state index in [0.29, 0.717) is 23.5 Å². The Bertz CT molecular complexity index is 1300. The second-order valence-electron chi connectivity index (χ2n) is 7.30. The second kappa shape index (κ2) is 10.6. The van der Waals surface area contributed by atoms with Gasteiger partial charge in [-0.3, -0.25) is 14.3 Å². The quantitative estimate of drug-likeness (QED) is 0.399. The number of nitrogens with zero attached hydrogens (tertiary/aromatic N) is 1. The minimum atomic E-state index is -3.97. The third-order valence-electron chi connectivity index (χ3n) is 4.47. The van der Waals surface area contributed by atoms with Gasteiger partial charge in [0.05, 0.1) is 11.3 Å². The molecule has 1 aromatic heterocycles. The van der Waals surface area contributed by atoms with E-state index in [-0.39, 0.29) is 28.3 Å². The van der Waals surface area contributed by atoms with Gasteiger partial charge < -0.3 is 15.4 Å². The summed E-state index contributed by atoms with van der Waals surface area (Å²) in [6.07, 6.45) is 2.97. The van der Waals surface area contributed by atoms with Gasteiger partial charge >= 0.3 is 0 Å². The number of nitrogens with one attached hydrogen (secondary N) is 3. The molecule has 0 spiro atoms. The van der Waals surface area contributed by atoms with Crippen LogP contribution in [0, 0.1) is 6.92 Å². The van der Waals surface area contributed by atoms with Gasteiger partial charge in [0.1, 0.15) is 10.6 Å². The van der Waals surface area contributed by atoms with Crippen molar-refractivity contribution in [3.8, 4) is 11.6 Å². The molecular weight excluding hydrogens is 456 g/mol. The highest BCUT2D eigenvalue weighted by atomic mass is 32.2. The SMILES string of the molecule is C=CCNC(=O)c1ccc(Oc2ccc(NS(=O)(=O)c3cc(C)ccc3NC(C)=O)cc2)nc1. The summed E-state index contributed by atoms with van der Waals surface area (Å²) >= 11 is 0. The number of amides is 2. The Kier molecular flexibility index (Phi) is 7.64. The third kappa shape index (κ3) is 6.42. The maximum atomic E-state index is 12.9. The molecule has 9 nitrogen and oxygen atoms in total. The van der Waals surface area contributed by atoms with E-state index < -0.39 is 10.0 Å². The molecule has 10 heteroatoms. The van der Waals surface area contributed by atoms with Crippen molar-refractivity contribution in [2.45, 2.75) is 18.7 Å². The largest absolute Gasteiger partial charge is 0.439 e. The van der Waals surface area contributed by atoms with Crippen LogP contribution in [0.25, 0.3) is 0 Å². The van der Waals surface area contributed by atoms with E-state index in [2.05, 4.69) is 26.9 Å². The Morgan fingerprint density at radius 3 is 2.44 bits per heavy atom. The summed E-state index contributed by atoms with van der Waals surface area (Å²) in [5, 5.41) is 5.19. The van der Waals surface area contributed by atoms with E-state index >= 15 is 0 Å². The van der Waals surface area contributed by atoms with Gasteiger partial charge in [0.2, 0.25) is 11.8 Å². The molecular formula is C24H24N4O5S. The number of carbonyl (C=O) groups is 2. The van der Waals surface area contributed by atoms with E-state index in [1.165, 1.54) is 31.3 Å². The van der Waals surface area contributed by atoms with Crippen molar-refractivity contribution in [3.05, 3.63) is 84.6 Å². The molecule has 2 aromatic carbocycles. The van der Waals surface area contributed by atoms with Crippen molar-refractivity contribution in [1.82, 2.24) is 10.3 Å². The van der Waals surface area contributed by atoms with Crippen molar-refractivity contribution < 1.29 is 22.7 Å². The minimum absolute atomic E-state index is 0.0376. The predicted molar refractivity (Wildman–Crippen MR) is 130 cm³/mol. The minimum Gasteiger partial charge on any atom is -0.439 e. The molecule has 3 N–H and O–H groups in total. The van der Waals surface area contributed by atoms with Gasteiger partial charge in [0, 0.05) is 31.4 Å². The van der Waals surface area contributed by atoms with Crippen LogP contribution < -0.4 is 20.1 Å². The predicted octanol–water partition coefficient (Wildman–Crippen LogP) is 3.86. The van der Waals surface area contributed by atoms with Crippen molar-refractivity contribution in [2.24, 2.45) is 0 Å². The molecule has 3 aromatic rings. The van der Waals surface area contributed by atoms with Crippen LogP contribution in [0.3, 0.4) is 0 Å². The molecule has 0 radical (unpaired) electrons. The Labute approximate surface area is 197 Å². The molecule has 2 amide bonds. The summed E-state index contributed by atoms with van der Waals surface area (Å²) in [7, 11) is -3.97. The highest BCUT2D eigenvalue weighted by molar-refractivity contribution is 7.92. The molecule has 0 unspecified atom stereocenters. The second-order valence-corrected chi connectivity index (χ2v) is 8.95. The first-order chi connectivity index (χ1) is 16.2. The average Bonchev–Trinajstić information content (AvgIpc) is 2.80. The lowest BCUT2D eigenvalue weighted by Crippen LogP contribution is -2.23. The number of sulfonamides is 1. The van der Waals surface area contributed by atoms with Crippen LogP contribution in [0.5, 0.6) is 11.6 Å². The molecule has 0 aliphatic heterocycles. The van der Waals surface area contributed by atoms with Crippen LogP contribution in [0.1, 0.15) is 22.8 Å². The molecule has 0 bridgehead atoms. The smallest absolute Gasteiger partial charge is 0.263 e. The molecule has 0 saturated carbocycles. The van der Waals surface area contributed by atoms with Gasteiger partial charge in [0.15, 0.2) is 0 Å². The van der Waals surface area contributed by atoms with Gasteiger partial charge in [0.25, 0.3) is 15.9 Å². The van der Waals surface area contributed by atoms with Crippen LogP contribution >= 0.6 is 0 Å². The number of hydrogen-bond acceptors (Lipinski definition) is 6. The van der Waals surface area contributed by atoms with Gasteiger partial charge in [-0.2, -0.15) is 0 Å². The molecule has 0 aliphatic carbocycles. The third-order valence-corrected chi connectivity index (χ3v) is 5.89. The van der Waals surface area contributed by atoms with E-state index in [4.69, 9.17) is 4.74 Å². The van der Waals surface area contributed by atoms with Crippen LogP contribution in [0.15, 0.2) is 78.3 Å². The van der Waals surface area contributed by atoms with E-state index in [9.17, 15) is 18.0 Å². The van der Waals surface area contributed by atoms with Gasteiger partial charge in [-0.25, -0.2) is 13.4 Å². The summed E-state index contributed by atoms with van der Waals surface area (Å²) in [4.78, 5) is 27.4. The molecule has 0 aliphatic rings. The lowest BCUT2D eigenvalue weighted by molar-refractivity contribution is -0.114. The molecule has 1 heterocycles. The normalized spacial score (nSPS) is 10.8. The molecule has 34 heavy (non-hydrogen) atoms. The first kappa shape index (κ1) is 24.5. The summed E-state index contributed by atoms with van der Waals surface area (Å²) < 4.78 is 34.0. The zero-order valence-corrected chi connectivity index (χ0v) is 19.5. The van der Waals surface area contributed by atoms with Crippen molar-refractivity contribution >= 4 is 33.2 Å². The van der Waals surface area contributed by atoms with Crippen molar-refractivity contribution in [2.75, 3.05) is 16.6 Å². The number of hydrogen-bond donors (Lipinski definition) is 3. The number of rotatable bonds is 9. The lowest BCUT2D eigenvalue weighted by atomic mass is 10.2. The maximum Gasteiger partial charge on any atom is 0.263 e. The lowest BCUT2D eigenvalue weighted by Gasteiger charge is -2.14. The average molecular weight is 481 g/mol. The Hall–Kier alpha value is -4.18. The highest BCUT2D eigenvalue weighted by Gasteiger charge is 2.20. The molecule has 0 atom stereocenters. The Morgan fingerprint density at radius 1 is 1.09 bits per heavy atom. The Morgan fingerprint density at radius 2 is 1.82 bits per heavy atom. The number of ether oxygens (including phenoxy) is 1. The topological polar surface area (TPSA) is 126 Å². The Balaban J connectivity index is 1.70. The highest BCUT2D eigenvalue weighted by Crippen LogP contribution is 2.27. The molecule has 0 fully saturated rings. The number of anilines is 2. The fraction of sp³-hybridized carbons (Fsp3) is 0.125. The van der Waals surface area contributed by atoms with Gasteiger partial charge in [-0.15, -0.1) is 6.58 Å². The first-order valence-electron chi connectivity index (χ1n) is 10.2.